The SMILES string of the molecule is CCCCCCC(C)Nc1cnc2ccccc2n1. The molecule has 0 saturated heterocycles. The van der Waals surface area contributed by atoms with E-state index in [1.807, 2.05) is 30.5 Å². The van der Waals surface area contributed by atoms with Crippen LogP contribution in [-0.2, 0) is 0 Å². The third-order valence-corrected chi connectivity index (χ3v) is 3.33. The Morgan fingerprint density at radius 2 is 1.89 bits per heavy atom. The molecule has 102 valence electrons. The Morgan fingerprint density at radius 3 is 2.68 bits per heavy atom. The van der Waals surface area contributed by atoms with Crippen LogP contribution < -0.4 is 5.32 Å². The molecule has 0 bridgehead atoms. The summed E-state index contributed by atoms with van der Waals surface area (Å²) in [5, 5.41) is 3.44. The zero-order valence-corrected chi connectivity index (χ0v) is 11.9. The van der Waals surface area contributed by atoms with E-state index in [0.29, 0.717) is 6.04 Å². The molecular weight excluding hydrogens is 234 g/mol. The Balaban J connectivity index is 1.89. The van der Waals surface area contributed by atoms with Gasteiger partial charge >= 0.3 is 0 Å². The first kappa shape index (κ1) is 13.8. The lowest BCUT2D eigenvalue weighted by Crippen LogP contribution is -2.16. The van der Waals surface area contributed by atoms with Crippen molar-refractivity contribution in [2.75, 3.05) is 5.32 Å². The molecule has 3 heteroatoms. The molecule has 19 heavy (non-hydrogen) atoms. The first-order chi connectivity index (χ1) is 9.29. The largest absolute Gasteiger partial charge is 0.366 e. The number of hydrogen-bond acceptors (Lipinski definition) is 3. The number of unbranched alkanes of at least 4 members (excludes halogenated alkanes) is 3. The Hall–Kier alpha value is -1.64. The highest BCUT2D eigenvalue weighted by Gasteiger charge is 2.04. The summed E-state index contributed by atoms with van der Waals surface area (Å²) in [5.41, 5.74) is 1.90. The molecule has 2 aromatic rings. The van der Waals surface area contributed by atoms with Crippen LogP contribution in [0.15, 0.2) is 30.5 Å². The van der Waals surface area contributed by atoms with Gasteiger partial charge in [-0.2, -0.15) is 0 Å². The quantitative estimate of drug-likeness (QED) is 0.747. The van der Waals surface area contributed by atoms with Gasteiger partial charge in [0.2, 0.25) is 0 Å². The minimum atomic E-state index is 0.451. The molecule has 1 aromatic carbocycles. The molecule has 0 amide bonds. The zero-order valence-electron chi connectivity index (χ0n) is 11.9. The second-order valence-corrected chi connectivity index (χ2v) is 5.14. The van der Waals surface area contributed by atoms with E-state index < -0.39 is 0 Å². The number of rotatable bonds is 7. The third kappa shape index (κ3) is 4.19. The molecule has 2 rings (SSSR count). The molecule has 1 N–H and O–H groups in total. The fourth-order valence-electron chi connectivity index (χ4n) is 2.23. The average molecular weight is 257 g/mol. The van der Waals surface area contributed by atoms with Crippen molar-refractivity contribution in [1.82, 2.24) is 9.97 Å². The fourth-order valence-corrected chi connectivity index (χ4v) is 2.23. The van der Waals surface area contributed by atoms with E-state index in [4.69, 9.17) is 0 Å². The first-order valence-electron chi connectivity index (χ1n) is 7.28. The summed E-state index contributed by atoms with van der Waals surface area (Å²) >= 11 is 0. The second-order valence-electron chi connectivity index (χ2n) is 5.14. The predicted molar refractivity (Wildman–Crippen MR) is 81.4 cm³/mol. The summed E-state index contributed by atoms with van der Waals surface area (Å²) in [6.07, 6.45) is 8.24. The minimum absolute atomic E-state index is 0.451. The van der Waals surface area contributed by atoms with Crippen LogP contribution in [0.4, 0.5) is 5.82 Å². The minimum Gasteiger partial charge on any atom is -0.366 e. The van der Waals surface area contributed by atoms with E-state index in [-0.39, 0.29) is 0 Å². The van der Waals surface area contributed by atoms with Gasteiger partial charge in [0.05, 0.1) is 17.2 Å². The van der Waals surface area contributed by atoms with Gasteiger partial charge < -0.3 is 5.32 Å². The number of para-hydroxylation sites is 2. The van der Waals surface area contributed by atoms with Crippen LogP contribution in [0.3, 0.4) is 0 Å². The molecule has 0 saturated carbocycles. The van der Waals surface area contributed by atoms with E-state index in [1.165, 1.54) is 32.1 Å². The maximum absolute atomic E-state index is 4.59. The Bertz CT molecular complexity index is 510. The van der Waals surface area contributed by atoms with Crippen molar-refractivity contribution in [1.29, 1.82) is 0 Å². The smallest absolute Gasteiger partial charge is 0.145 e. The van der Waals surface area contributed by atoms with Crippen LogP contribution in [0.25, 0.3) is 11.0 Å². The summed E-state index contributed by atoms with van der Waals surface area (Å²) in [6, 6.07) is 8.42. The van der Waals surface area contributed by atoms with E-state index in [1.54, 1.807) is 0 Å². The summed E-state index contributed by atoms with van der Waals surface area (Å²) < 4.78 is 0. The molecular formula is C16H23N3. The van der Waals surface area contributed by atoms with Gasteiger partial charge in [-0.15, -0.1) is 0 Å². The van der Waals surface area contributed by atoms with Crippen LogP contribution in [0.2, 0.25) is 0 Å². The molecule has 1 atom stereocenters. The lowest BCUT2D eigenvalue weighted by atomic mass is 10.1. The van der Waals surface area contributed by atoms with Gasteiger partial charge in [0, 0.05) is 6.04 Å². The molecule has 3 nitrogen and oxygen atoms in total. The fraction of sp³-hybridized carbons (Fsp3) is 0.500. The van der Waals surface area contributed by atoms with Crippen molar-refractivity contribution in [2.24, 2.45) is 0 Å². The molecule has 0 aliphatic carbocycles. The molecule has 0 spiro atoms. The van der Waals surface area contributed by atoms with E-state index in [0.717, 1.165) is 16.9 Å². The lowest BCUT2D eigenvalue weighted by Gasteiger charge is -2.14. The molecule has 1 aromatic heterocycles. The van der Waals surface area contributed by atoms with Crippen LogP contribution in [0, 0.1) is 0 Å². The highest BCUT2D eigenvalue weighted by molar-refractivity contribution is 5.75. The number of nitrogens with one attached hydrogen (secondary N) is 1. The van der Waals surface area contributed by atoms with Crippen molar-refractivity contribution < 1.29 is 0 Å². The zero-order chi connectivity index (χ0) is 13.5. The maximum atomic E-state index is 4.59. The van der Waals surface area contributed by atoms with Crippen molar-refractivity contribution in [3.63, 3.8) is 0 Å². The lowest BCUT2D eigenvalue weighted by molar-refractivity contribution is 0.593. The number of hydrogen-bond donors (Lipinski definition) is 1. The number of aromatic nitrogens is 2. The van der Waals surface area contributed by atoms with Gasteiger partial charge in [-0.1, -0.05) is 44.7 Å². The monoisotopic (exact) mass is 257 g/mol. The van der Waals surface area contributed by atoms with Gasteiger partial charge in [-0.25, -0.2) is 4.98 Å². The Morgan fingerprint density at radius 1 is 1.11 bits per heavy atom. The molecule has 0 aliphatic rings. The Kier molecular flexibility index (Phi) is 5.13. The molecule has 0 radical (unpaired) electrons. The average Bonchev–Trinajstić information content (AvgIpc) is 2.43. The standard InChI is InChI=1S/C16H23N3/c1-3-4-5-6-9-13(2)18-16-12-17-14-10-7-8-11-15(14)19-16/h7-8,10-13H,3-6,9H2,1-2H3,(H,18,19). The first-order valence-corrected chi connectivity index (χ1v) is 7.28. The van der Waals surface area contributed by atoms with Crippen molar-refractivity contribution in [3.05, 3.63) is 30.5 Å². The van der Waals surface area contributed by atoms with Crippen molar-refractivity contribution in [3.8, 4) is 0 Å². The summed E-state index contributed by atoms with van der Waals surface area (Å²) in [6.45, 7) is 4.45. The molecule has 0 aliphatic heterocycles. The van der Waals surface area contributed by atoms with Crippen LogP contribution in [-0.4, -0.2) is 16.0 Å². The molecule has 0 fully saturated rings. The van der Waals surface area contributed by atoms with E-state index in [9.17, 15) is 0 Å². The molecule has 1 heterocycles. The highest BCUT2D eigenvalue weighted by atomic mass is 15.0. The van der Waals surface area contributed by atoms with Crippen LogP contribution in [0.1, 0.15) is 46.0 Å². The van der Waals surface area contributed by atoms with Gasteiger partial charge in [0.1, 0.15) is 5.82 Å². The van der Waals surface area contributed by atoms with Gasteiger partial charge in [0.15, 0.2) is 0 Å². The Labute approximate surface area is 115 Å². The number of nitrogens with zero attached hydrogens (tertiary/aromatic N) is 2. The number of benzene rings is 1. The van der Waals surface area contributed by atoms with Gasteiger partial charge in [-0.3, -0.25) is 4.98 Å². The van der Waals surface area contributed by atoms with Crippen LogP contribution >= 0.6 is 0 Å². The highest BCUT2D eigenvalue weighted by Crippen LogP contribution is 2.14. The topological polar surface area (TPSA) is 37.8 Å². The number of fused-ring (bicyclic) bond motifs is 1. The van der Waals surface area contributed by atoms with Gasteiger partial charge in [0.25, 0.3) is 0 Å². The van der Waals surface area contributed by atoms with E-state index >= 15 is 0 Å². The van der Waals surface area contributed by atoms with Crippen LogP contribution in [0.5, 0.6) is 0 Å². The van der Waals surface area contributed by atoms with E-state index in [2.05, 4.69) is 29.1 Å². The second kappa shape index (κ2) is 7.07. The summed E-state index contributed by atoms with van der Waals surface area (Å²) in [7, 11) is 0. The van der Waals surface area contributed by atoms with Crippen molar-refractivity contribution in [2.45, 2.75) is 52.0 Å². The predicted octanol–water partition coefficient (Wildman–Crippen LogP) is 4.40. The summed E-state index contributed by atoms with van der Waals surface area (Å²) in [5.74, 6) is 0.877. The third-order valence-electron chi connectivity index (χ3n) is 3.33. The molecule has 1 unspecified atom stereocenters. The maximum Gasteiger partial charge on any atom is 0.145 e. The normalized spacial score (nSPS) is 12.5. The number of anilines is 1. The van der Waals surface area contributed by atoms with Gasteiger partial charge in [-0.05, 0) is 25.5 Å². The summed E-state index contributed by atoms with van der Waals surface area (Å²) in [4.78, 5) is 9.00. The van der Waals surface area contributed by atoms with Crippen molar-refractivity contribution >= 4 is 16.9 Å².